The van der Waals surface area contributed by atoms with Gasteiger partial charge in [-0.05, 0) is 38.6 Å². The Kier molecular flexibility index (Phi) is 4.20. The van der Waals surface area contributed by atoms with E-state index in [1.807, 2.05) is 18.5 Å². The minimum absolute atomic E-state index is 0.462. The van der Waals surface area contributed by atoms with Gasteiger partial charge in [-0.2, -0.15) is 20.0 Å². The molecule has 3 aromatic rings. The largest absolute Gasteiger partial charge is 0.265 e. The number of aromatic nitrogens is 5. The first-order chi connectivity index (χ1) is 11.0. The maximum Gasteiger partial charge on any atom is 0.216 e. The second-order valence-corrected chi connectivity index (χ2v) is 5.87. The predicted molar refractivity (Wildman–Crippen MR) is 92.4 cm³/mol. The Bertz CT molecular complexity index is 898. The van der Waals surface area contributed by atoms with Gasteiger partial charge in [-0.25, -0.2) is 0 Å². The van der Waals surface area contributed by atoms with E-state index in [0.29, 0.717) is 4.77 Å². The highest BCUT2D eigenvalue weighted by Gasteiger charge is 2.10. The second kappa shape index (κ2) is 6.29. The summed E-state index contributed by atoms with van der Waals surface area (Å²) < 4.78 is 3.98. The van der Waals surface area contributed by atoms with Crippen LogP contribution in [0.1, 0.15) is 28.1 Å². The molecule has 0 saturated heterocycles. The highest BCUT2D eigenvalue weighted by Crippen LogP contribution is 2.13. The fourth-order valence-electron chi connectivity index (χ4n) is 2.36. The van der Waals surface area contributed by atoms with Crippen LogP contribution in [0.15, 0.2) is 35.7 Å². The minimum atomic E-state index is 0.462. The summed E-state index contributed by atoms with van der Waals surface area (Å²) in [7, 11) is 0. The molecule has 118 valence electrons. The zero-order chi connectivity index (χ0) is 16.4. The third kappa shape index (κ3) is 3.29. The van der Waals surface area contributed by atoms with E-state index in [1.54, 1.807) is 12.5 Å². The Morgan fingerprint density at radius 1 is 1.22 bits per heavy atom. The van der Waals surface area contributed by atoms with Crippen molar-refractivity contribution in [3.8, 4) is 0 Å². The van der Waals surface area contributed by atoms with Gasteiger partial charge in [0.15, 0.2) is 0 Å². The SMILES string of the molecule is Cc1ccc(Cn2nc(C)c(C=Nn3cn[nH]c3=S)c2C)cc1. The lowest BCUT2D eigenvalue weighted by Crippen LogP contribution is -2.04. The molecular weight excluding hydrogens is 308 g/mol. The van der Waals surface area contributed by atoms with Crippen LogP contribution in [-0.2, 0) is 6.54 Å². The number of H-pyrrole nitrogens is 1. The lowest BCUT2D eigenvalue weighted by Gasteiger charge is -2.05. The Morgan fingerprint density at radius 3 is 2.61 bits per heavy atom. The van der Waals surface area contributed by atoms with Crippen molar-refractivity contribution in [1.82, 2.24) is 24.7 Å². The molecule has 0 bridgehead atoms. The number of nitrogens with zero attached hydrogens (tertiary/aromatic N) is 5. The number of aromatic amines is 1. The topological polar surface area (TPSA) is 63.8 Å². The zero-order valence-electron chi connectivity index (χ0n) is 13.3. The summed E-state index contributed by atoms with van der Waals surface area (Å²) in [5, 5.41) is 15.5. The normalized spacial score (nSPS) is 11.4. The summed E-state index contributed by atoms with van der Waals surface area (Å²) in [5.41, 5.74) is 5.49. The average Bonchev–Trinajstić information content (AvgIpc) is 3.04. The van der Waals surface area contributed by atoms with Crippen LogP contribution in [0.4, 0.5) is 0 Å². The van der Waals surface area contributed by atoms with E-state index in [0.717, 1.165) is 23.5 Å². The third-order valence-electron chi connectivity index (χ3n) is 3.74. The molecule has 0 radical (unpaired) electrons. The first kappa shape index (κ1) is 15.4. The van der Waals surface area contributed by atoms with Gasteiger partial charge in [0.1, 0.15) is 6.33 Å². The molecule has 0 fully saturated rings. The van der Waals surface area contributed by atoms with Crippen LogP contribution in [0, 0.1) is 25.5 Å². The molecule has 7 heteroatoms. The molecule has 2 heterocycles. The van der Waals surface area contributed by atoms with E-state index in [1.165, 1.54) is 15.8 Å². The predicted octanol–water partition coefficient (Wildman–Crippen LogP) is 2.99. The van der Waals surface area contributed by atoms with Crippen molar-refractivity contribution >= 4 is 18.4 Å². The summed E-state index contributed by atoms with van der Waals surface area (Å²) in [4.78, 5) is 0. The van der Waals surface area contributed by atoms with Crippen molar-refractivity contribution in [1.29, 1.82) is 0 Å². The van der Waals surface area contributed by atoms with E-state index in [2.05, 4.69) is 51.6 Å². The molecule has 1 N–H and O–H groups in total. The molecule has 0 aliphatic rings. The van der Waals surface area contributed by atoms with Gasteiger partial charge in [-0.1, -0.05) is 29.8 Å². The van der Waals surface area contributed by atoms with Gasteiger partial charge in [0.25, 0.3) is 0 Å². The van der Waals surface area contributed by atoms with Crippen LogP contribution in [-0.4, -0.2) is 30.9 Å². The number of aryl methyl sites for hydroxylation is 2. The van der Waals surface area contributed by atoms with E-state index < -0.39 is 0 Å². The van der Waals surface area contributed by atoms with Crippen molar-refractivity contribution in [2.24, 2.45) is 5.10 Å². The molecule has 23 heavy (non-hydrogen) atoms. The number of nitrogens with one attached hydrogen (secondary N) is 1. The number of benzene rings is 1. The van der Waals surface area contributed by atoms with Crippen LogP contribution in [0.3, 0.4) is 0 Å². The quantitative estimate of drug-likeness (QED) is 0.592. The number of hydrogen-bond acceptors (Lipinski definition) is 4. The molecule has 0 aliphatic heterocycles. The van der Waals surface area contributed by atoms with Crippen LogP contribution in [0.25, 0.3) is 0 Å². The molecule has 0 amide bonds. The van der Waals surface area contributed by atoms with Crippen molar-refractivity contribution in [3.63, 3.8) is 0 Å². The average molecular weight is 326 g/mol. The number of hydrogen-bond donors (Lipinski definition) is 1. The molecular formula is C16H18N6S. The highest BCUT2D eigenvalue weighted by atomic mass is 32.1. The first-order valence-corrected chi connectivity index (χ1v) is 7.71. The lowest BCUT2D eigenvalue weighted by atomic mass is 10.1. The fourth-order valence-corrected chi connectivity index (χ4v) is 2.51. The van der Waals surface area contributed by atoms with Crippen molar-refractivity contribution in [3.05, 3.63) is 63.4 Å². The Hall–Kier alpha value is -2.54. The van der Waals surface area contributed by atoms with Gasteiger partial charge in [0.2, 0.25) is 4.77 Å². The molecule has 0 spiro atoms. The van der Waals surface area contributed by atoms with Crippen molar-refractivity contribution in [2.75, 3.05) is 0 Å². The van der Waals surface area contributed by atoms with Crippen LogP contribution in [0.2, 0.25) is 0 Å². The summed E-state index contributed by atoms with van der Waals surface area (Å²) >= 11 is 5.08. The molecule has 1 aromatic carbocycles. The highest BCUT2D eigenvalue weighted by molar-refractivity contribution is 7.71. The molecule has 0 aliphatic carbocycles. The van der Waals surface area contributed by atoms with Gasteiger partial charge in [-0.3, -0.25) is 9.78 Å². The van der Waals surface area contributed by atoms with E-state index in [9.17, 15) is 0 Å². The summed E-state index contributed by atoms with van der Waals surface area (Å²) in [6.07, 6.45) is 3.31. The van der Waals surface area contributed by atoms with Gasteiger partial charge < -0.3 is 0 Å². The minimum Gasteiger partial charge on any atom is -0.265 e. The Balaban J connectivity index is 1.87. The van der Waals surface area contributed by atoms with Crippen LogP contribution < -0.4 is 0 Å². The molecule has 3 rings (SSSR count). The van der Waals surface area contributed by atoms with E-state index in [4.69, 9.17) is 12.2 Å². The number of rotatable bonds is 4. The molecule has 2 aromatic heterocycles. The molecule has 0 saturated carbocycles. The van der Waals surface area contributed by atoms with Gasteiger partial charge in [-0.15, -0.1) is 0 Å². The molecule has 0 atom stereocenters. The lowest BCUT2D eigenvalue weighted by molar-refractivity contribution is 0.659. The van der Waals surface area contributed by atoms with Crippen molar-refractivity contribution in [2.45, 2.75) is 27.3 Å². The maximum atomic E-state index is 5.08. The Labute approximate surface area is 139 Å². The summed E-state index contributed by atoms with van der Waals surface area (Å²) in [5.74, 6) is 0. The monoisotopic (exact) mass is 326 g/mol. The standard InChI is InChI=1S/C16H18N6S/c1-11-4-6-14(7-5-11)9-21-13(3)15(12(2)20-21)8-18-22-10-17-19-16(22)23/h4-8,10H,9H2,1-3H3,(H,19,23). The van der Waals surface area contributed by atoms with Gasteiger partial charge in [0, 0.05) is 11.3 Å². The van der Waals surface area contributed by atoms with E-state index >= 15 is 0 Å². The second-order valence-electron chi connectivity index (χ2n) is 5.48. The van der Waals surface area contributed by atoms with E-state index in [-0.39, 0.29) is 0 Å². The van der Waals surface area contributed by atoms with Gasteiger partial charge in [0.05, 0.1) is 18.5 Å². The molecule has 6 nitrogen and oxygen atoms in total. The molecule has 0 unspecified atom stereocenters. The van der Waals surface area contributed by atoms with Crippen LogP contribution in [0.5, 0.6) is 0 Å². The maximum absolute atomic E-state index is 5.08. The van der Waals surface area contributed by atoms with Crippen molar-refractivity contribution < 1.29 is 0 Å². The fraction of sp³-hybridized carbons (Fsp3) is 0.250. The Morgan fingerprint density at radius 2 is 1.96 bits per heavy atom. The van der Waals surface area contributed by atoms with Gasteiger partial charge >= 0.3 is 0 Å². The summed E-state index contributed by atoms with van der Waals surface area (Å²) in [6.45, 7) is 6.85. The zero-order valence-corrected chi connectivity index (χ0v) is 14.1. The smallest absolute Gasteiger partial charge is 0.216 e. The third-order valence-corrected chi connectivity index (χ3v) is 4.02. The summed E-state index contributed by atoms with van der Waals surface area (Å²) in [6, 6.07) is 8.49. The first-order valence-electron chi connectivity index (χ1n) is 7.30. The van der Waals surface area contributed by atoms with Crippen LogP contribution >= 0.6 is 12.2 Å².